The van der Waals surface area contributed by atoms with Crippen molar-refractivity contribution in [2.45, 2.75) is 44.8 Å². The van der Waals surface area contributed by atoms with E-state index >= 15 is 0 Å². The van der Waals surface area contributed by atoms with Crippen molar-refractivity contribution in [3.8, 4) is 11.9 Å². The van der Waals surface area contributed by atoms with Crippen molar-refractivity contribution in [2.75, 3.05) is 0 Å². The Balaban J connectivity index is 1.82. The summed E-state index contributed by atoms with van der Waals surface area (Å²) in [6.45, 7) is 1.54. The highest BCUT2D eigenvalue weighted by Crippen LogP contribution is 2.22. The van der Waals surface area contributed by atoms with E-state index in [2.05, 4.69) is 10.3 Å². The predicted octanol–water partition coefficient (Wildman–Crippen LogP) is 1.78. The van der Waals surface area contributed by atoms with Crippen molar-refractivity contribution in [1.29, 1.82) is 5.26 Å². The lowest BCUT2D eigenvalue weighted by Gasteiger charge is -2.28. The summed E-state index contributed by atoms with van der Waals surface area (Å²) in [6.07, 6.45) is 5.34. The van der Waals surface area contributed by atoms with Crippen LogP contribution in [-0.2, 0) is 4.79 Å². The highest BCUT2D eigenvalue weighted by molar-refractivity contribution is 5.73. The van der Waals surface area contributed by atoms with Gasteiger partial charge in [-0.05, 0) is 31.7 Å². The lowest BCUT2D eigenvalue weighted by atomic mass is 9.93. The Labute approximate surface area is 112 Å². The van der Waals surface area contributed by atoms with Gasteiger partial charge in [0, 0.05) is 25.2 Å². The lowest BCUT2D eigenvalue weighted by Crippen LogP contribution is -2.38. The van der Waals surface area contributed by atoms with Crippen LogP contribution in [0.3, 0.4) is 0 Å². The second-order valence-electron chi connectivity index (χ2n) is 4.79. The Kier molecular flexibility index (Phi) is 4.35. The van der Waals surface area contributed by atoms with Crippen LogP contribution >= 0.6 is 0 Å². The van der Waals surface area contributed by atoms with Gasteiger partial charge in [-0.2, -0.15) is 5.26 Å². The van der Waals surface area contributed by atoms with Gasteiger partial charge in [-0.3, -0.25) is 4.79 Å². The summed E-state index contributed by atoms with van der Waals surface area (Å²) in [7, 11) is 0. The van der Waals surface area contributed by atoms with E-state index in [0.717, 1.165) is 25.7 Å². The van der Waals surface area contributed by atoms with Crippen LogP contribution in [0.5, 0.6) is 5.88 Å². The van der Waals surface area contributed by atoms with E-state index in [1.54, 1.807) is 19.1 Å². The van der Waals surface area contributed by atoms with Crippen molar-refractivity contribution in [3.63, 3.8) is 0 Å². The number of nitriles is 1. The third-order valence-corrected chi connectivity index (χ3v) is 3.23. The first kappa shape index (κ1) is 13.3. The van der Waals surface area contributed by atoms with E-state index < -0.39 is 0 Å². The largest absolute Gasteiger partial charge is 0.474 e. The molecule has 0 bridgehead atoms. The lowest BCUT2D eigenvalue weighted by molar-refractivity contribution is -0.120. The third kappa shape index (κ3) is 3.95. The SMILES string of the molecule is CC(=O)N[C@H]1CC[C@H](Oc2ccc(C#N)cn2)CC1. The van der Waals surface area contributed by atoms with Gasteiger partial charge in [0.05, 0.1) is 5.56 Å². The Morgan fingerprint density at radius 3 is 2.68 bits per heavy atom. The zero-order valence-electron chi connectivity index (χ0n) is 10.9. The fourth-order valence-corrected chi connectivity index (χ4v) is 2.30. The van der Waals surface area contributed by atoms with Crippen LogP contribution in [0.25, 0.3) is 0 Å². The molecule has 0 aliphatic heterocycles. The molecule has 1 aromatic rings. The number of carbonyl (C=O) groups is 1. The molecule has 1 N–H and O–H groups in total. The van der Waals surface area contributed by atoms with E-state index in [-0.39, 0.29) is 18.1 Å². The van der Waals surface area contributed by atoms with Crippen LogP contribution in [0.15, 0.2) is 18.3 Å². The van der Waals surface area contributed by atoms with Crippen molar-refractivity contribution in [3.05, 3.63) is 23.9 Å². The van der Waals surface area contributed by atoms with Gasteiger partial charge in [0.1, 0.15) is 12.2 Å². The van der Waals surface area contributed by atoms with Crippen LogP contribution in [0.4, 0.5) is 0 Å². The number of carbonyl (C=O) groups excluding carboxylic acids is 1. The van der Waals surface area contributed by atoms with E-state index in [9.17, 15) is 4.79 Å². The molecule has 0 spiro atoms. The Hall–Kier alpha value is -2.09. The minimum absolute atomic E-state index is 0.0260. The second kappa shape index (κ2) is 6.19. The van der Waals surface area contributed by atoms with Crippen molar-refractivity contribution in [2.24, 2.45) is 0 Å². The molecule has 0 aromatic carbocycles. The van der Waals surface area contributed by atoms with Gasteiger partial charge in [0.15, 0.2) is 0 Å². The molecule has 1 heterocycles. The summed E-state index contributed by atoms with van der Waals surface area (Å²) in [4.78, 5) is 15.1. The molecule has 0 saturated heterocycles. The van der Waals surface area contributed by atoms with Gasteiger partial charge in [0.25, 0.3) is 0 Å². The van der Waals surface area contributed by atoms with Gasteiger partial charge in [-0.1, -0.05) is 0 Å². The van der Waals surface area contributed by atoms with Gasteiger partial charge in [-0.25, -0.2) is 4.98 Å². The number of rotatable bonds is 3. The summed E-state index contributed by atoms with van der Waals surface area (Å²) in [6, 6.07) is 5.71. The maximum absolute atomic E-state index is 11.0. The molecule has 1 aliphatic carbocycles. The molecule has 1 fully saturated rings. The Morgan fingerprint density at radius 1 is 1.42 bits per heavy atom. The molecule has 0 radical (unpaired) electrons. The number of nitrogens with one attached hydrogen (secondary N) is 1. The number of pyridine rings is 1. The van der Waals surface area contributed by atoms with Crippen LogP contribution in [0.2, 0.25) is 0 Å². The quantitative estimate of drug-likeness (QED) is 0.897. The van der Waals surface area contributed by atoms with Gasteiger partial charge in [0.2, 0.25) is 11.8 Å². The van der Waals surface area contributed by atoms with Crippen LogP contribution in [0.1, 0.15) is 38.2 Å². The molecule has 5 heteroatoms. The summed E-state index contributed by atoms with van der Waals surface area (Å²) in [5.41, 5.74) is 0.529. The number of hydrogen-bond acceptors (Lipinski definition) is 4. The van der Waals surface area contributed by atoms with Crippen molar-refractivity contribution in [1.82, 2.24) is 10.3 Å². The molecular formula is C14H17N3O2. The number of hydrogen-bond donors (Lipinski definition) is 1. The van der Waals surface area contributed by atoms with E-state index in [1.165, 1.54) is 6.20 Å². The zero-order chi connectivity index (χ0) is 13.7. The number of nitrogens with zero attached hydrogens (tertiary/aromatic N) is 2. The Bertz CT molecular complexity index is 470. The maximum Gasteiger partial charge on any atom is 0.217 e. The average Bonchev–Trinajstić information content (AvgIpc) is 2.41. The second-order valence-corrected chi connectivity index (χ2v) is 4.79. The van der Waals surface area contributed by atoms with Gasteiger partial charge >= 0.3 is 0 Å². The predicted molar refractivity (Wildman–Crippen MR) is 69.4 cm³/mol. The molecular weight excluding hydrogens is 242 g/mol. The first-order chi connectivity index (χ1) is 9.17. The van der Waals surface area contributed by atoms with Crippen LogP contribution in [0, 0.1) is 11.3 Å². The first-order valence-electron chi connectivity index (χ1n) is 6.47. The van der Waals surface area contributed by atoms with E-state index in [4.69, 9.17) is 10.00 Å². The molecule has 1 saturated carbocycles. The van der Waals surface area contributed by atoms with Crippen molar-refractivity contribution < 1.29 is 9.53 Å². The molecule has 1 aromatic heterocycles. The molecule has 100 valence electrons. The summed E-state index contributed by atoms with van der Waals surface area (Å²) in [5, 5.41) is 11.6. The van der Waals surface area contributed by atoms with E-state index in [1.807, 2.05) is 6.07 Å². The number of amides is 1. The molecule has 1 amide bonds. The normalized spacial score (nSPS) is 22.3. The first-order valence-corrected chi connectivity index (χ1v) is 6.47. The Morgan fingerprint density at radius 2 is 2.16 bits per heavy atom. The molecule has 0 unspecified atom stereocenters. The standard InChI is InChI=1S/C14H17N3O2/c1-10(18)17-12-3-5-13(6-4-12)19-14-7-2-11(8-15)9-16-14/h2,7,9,12-13H,3-6H2,1H3,(H,17,18)/t12-,13-. The summed E-state index contributed by atoms with van der Waals surface area (Å²) >= 11 is 0. The maximum atomic E-state index is 11.0. The monoisotopic (exact) mass is 259 g/mol. The number of aromatic nitrogens is 1. The summed E-state index contributed by atoms with van der Waals surface area (Å²) in [5.74, 6) is 0.583. The van der Waals surface area contributed by atoms with Gasteiger partial charge < -0.3 is 10.1 Å². The van der Waals surface area contributed by atoms with Crippen molar-refractivity contribution >= 4 is 5.91 Å². The molecule has 0 atom stereocenters. The molecule has 19 heavy (non-hydrogen) atoms. The minimum atomic E-state index is 0.0260. The molecule has 1 aliphatic rings. The topological polar surface area (TPSA) is 75.0 Å². The minimum Gasteiger partial charge on any atom is -0.474 e. The van der Waals surface area contributed by atoms with Crippen LogP contribution in [-0.4, -0.2) is 23.0 Å². The average molecular weight is 259 g/mol. The highest BCUT2D eigenvalue weighted by Gasteiger charge is 2.23. The molecule has 5 nitrogen and oxygen atoms in total. The smallest absolute Gasteiger partial charge is 0.217 e. The summed E-state index contributed by atoms with van der Waals surface area (Å²) < 4.78 is 5.77. The van der Waals surface area contributed by atoms with Gasteiger partial charge in [-0.15, -0.1) is 0 Å². The van der Waals surface area contributed by atoms with E-state index in [0.29, 0.717) is 11.4 Å². The third-order valence-electron chi connectivity index (χ3n) is 3.23. The van der Waals surface area contributed by atoms with Crippen LogP contribution < -0.4 is 10.1 Å². The highest BCUT2D eigenvalue weighted by atomic mass is 16.5. The molecule has 2 rings (SSSR count). The fraction of sp³-hybridized carbons (Fsp3) is 0.500. The zero-order valence-corrected chi connectivity index (χ0v) is 10.9. The number of ether oxygens (including phenoxy) is 1. The fourth-order valence-electron chi connectivity index (χ4n) is 2.30.